The van der Waals surface area contributed by atoms with Gasteiger partial charge in [-0.25, -0.2) is 9.97 Å². The minimum Gasteiger partial charge on any atom is -0.388 e. The quantitative estimate of drug-likeness (QED) is 0.631. The molecule has 110 valence electrons. The summed E-state index contributed by atoms with van der Waals surface area (Å²) in [4.78, 5) is 11.6. The molecule has 0 bridgehead atoms. The van der Waals surface area contributed by atoms with Crippen LogP contribution in [0, 0.1) is 0 Å². The van der Waals surface area contributed by atoms with Crippen LogP contribution < -0.4 is 10.2 Å². The van der Waals surface area contributed by atoms with E-state index in [-0.39, 0.29) is 0 Å². The topological polar surface area (TPSA) is 61.3 Å². The number of hydrogen-bond donors (Lipinski definition) is 2. The van der Waals surface area contributed by atoms with E-state index in [2.05, 4.69) is 15.2 Å². The zero-order valence-corrected chi connectivity index (χ0v) is 13.0. The Balaban J connectivity index is 1.99. The molecule has 0 spiro atoms. The summed E-state index contributed by atoms with van der Waals surface area (Å²) in [6, 6.07) is 0. The van der Waals surface area contributed by atoms with Gasteiger partial charge in [-0.15, -0.1) is 0 Å². The van der Waals surface area contributed by atoms with Crippen LogP contribution in [0.15, 0.2) is 5.16 Å². The fourth-order valence-corrected chi connectivity index (χ4v) is 3.45. The Morgan fingerprint density at radius 2 is 2.25 bits per heavy atom. The van der Waals surface area contributed by atoms with Crippen molar-refractivity contribution in [2.75, 3.05) is 30.8 Å². The molecule has 0 aromatic carbocycles. The van der Waals surface area contributed by atoms with E-state index in [0.717, 1.165) is 55.6 Å². The molecule has 1 atom stereocenters. The summed E-state index contributed by atoms with van der Waals surface area (Å²) in [5, 5.41) is 14.5. The summed E-state index contributed by atoms with van der Waals surface area (Å²) < 4.78 is 0. The number of thioether (sulfide) groups is 1. The van der Waals surface area contributed by atoms with Gasteiger partial charge in [0.1, 0.15) is 5.82 Å². The summed E-state index contributed by atoms with van der Waals surface area (Å²) in [6.07, 6.45) is 4.86. The van der Waals surface area contributed by atoms with Crippen molar-refractivity contribution < 1.29 is 5.11 Å². The lowest BCUT2D eigenvalue weighted by Crippen LogP contribution is -2.47. The number of aromatic nitrogens is 2. The molecule has 2 aliphatic rings. The van der Waals surface area contributed by atoms with Gasteiger partial charge in [0.2, 0.25) is 0 Å². The molecule has 1 saturated heterocycles. The number of hydrogen-bond acceptors (Lipinski definition) is 6. The van der Waals surface area contributed by atoms with E-state index in [9.17, 15) is 5.11 Å². The van der Waals surface area contributed by atoms with Gasteiger partial charge in [0.05, 0.1) is 11.3 Å². The lowest BCUT2D eigenvalue weighted by atomic mass is 9.94. The van der Waals surface area contributed by atoms with Crippen molar-refractivity contribution in [3.05, 3.63) is 11.3 Å². The van der Waals surface area contributed by atoms with Gasteiger partial charge in [0.25, 0.3) is 0 Å². The van der Waals surface area contributed by atoms with Crippen LogP contribution in [-0.2, 0) is 13.0 Å². The third-order valence-corrected chi connectivity index (χ3v) is 4.60. The highest BCUT2D eigenvalue weighted by atomic mass is 32.2. The minimum atomic E-state index is -0.609. The standard InChI is InChI=1S/C14H22N4OS/c1-14(19)5-3-7-18(9-14)12-10-4-6-15-8-11(10)16-13(17-12)20-2/h15,19H,3-9H2,1-2H3. The molecule has 0 saturated carbocycles. The maximum absolute atomic E-state index is 10.3. The second-order valence-corrected chi connectivity index (χ2v) is 6.68. The summed E-state index contributed by atoms with van der Waals surface area (Å²) in [5.41, 5.74) is 1.78. The SMILES string of the molecule is CSc1nc2c(c(N3CCCC(C)(O)C3)n1)CCNC2. The summed E-state index contributed by atoms with van der Waals surface area (Å²) in [5.74, 6) is 1.04. The second kappa shape index (κ2) is 5.50. The number of rotatable bonds is 2. The van der Waals surface area contributed by atoms with E-state index >= 15 is 0 Å². The third kappa shape index (κ3) is 2.77. The van der Waals surface area contributed by atoms with Gasteiger partial charge in [0.15, 0.2) is 5.16 Å². The highest BCUT2D eigenvalue weighted by Crippen LogP contribution is 2.30. The van der Waals surface area contributed by atoms with Crippen molar-refractivity contribution >= 4 is 17.6 Å². The number of nitrogens with one attached hydrogen (secondary N) is 1. The number of fused-ring (bicyclic) bond motifs is 1. The minimum absolute atomic E-state index is 0.609. The first-order valence-corrected chi connectivity index (χ1v) is 8.43. The number of β-amino-alcohol motifs (C(OH)–C–C–N with tert-alkyl or cyclic N) is 1. The van der Waals surface area contributed by atoms with E-state index in [0.29, 0.717) is 6.54 Å². The number of aliphatic hydroxyl groups is 1. The Bertz CT molecular complexity index is 506. The second-order valence-electron chi connectivity index (χ2n) is 5.91. The monoisotopic (exact) mass is 294 g/mol. The molecule has 1 aromatic heterocycles. The number of piperidine rings is 1. The van der Waals surface area contributed by atoms with Crippen molar-refractivity contribution in [2.24, 2.45) is 0 Å². The number of anilines is 1. The predicted molar refractivity (Wildman–Crippen MR) is 81.3 cm³/mol. The zero-order chi connectivity index (χ0) is 14.2. The number of nitrogens with zero attached hydrogens (tertiary/aromatic N) is 3. The van der Waals surface area contributed by atoms with Crippen LogP contribution in [0.5, 0.6) is 0 Å². The molecule has 20 heavy (non-hydrogen) atoms. The Morgan fingerprint density at radius 1 is 1.40 bits per heavy atom. The molecule has 5 nitrogen and oxygen atoms in total. The Labute approximate surface area is 124 Å². The van der Waals surface area contributed by atoms with Gasteiger partial charge in [0, 0.05) is 25.2 Å². The first kappa shape index (κ1) is 14.1. The summed E-state index contributed by atoms with van der Waals surface area (Å²) >= 11 is 1.58. The van der Waals surface area contributed by atoms with Crippen molar-refractivity contribution in [1.82, 2.24) is 15.3 Å². The van der Waals surface area contributed by atoms with E-state index < -0.39 is 5.60 Å². The average molecular weight is 294 g/mol. The zero-order valence-electron chi connectivity index (χ0n) is 12.1. The normalized spacial score (nSPS) is 26.4. The van der Waals surface area contributed by atoms with Crippen LogP contribution in [0.3, 0.4) is 0 Å². The molecule has 1 unspecified atom stereocenters. The molecule has 2 N–H and O–H groups in total. The van der Waals surface area contributed by atoms with Gasteiger partial charge < -0.3 is 15.3 Å². The van der Waals surface area contributed by atoms with Crippen LogP contribution in [0.25, 0.3) is 0 Å². The van der Waals surface area contributed by atoms with E-state index in [4.69, 9.17) is 4.98 Å². The molecule has 6 heteroatoms. The lowest BCUT2D eigenvalue weighted by Gasteiger charge is -2.39. The largest absolute Gasteiger partial charge is 0.388 e. The lowest BCUT2D eigenvalue weighted by molar-refractivity contribution is 0.0446. The van der Waals surface area contributed by atoms with Crippen LogP contribution in [-0.4, -0.2) is 46.6 Å². The Hall–Kier alpha value is -0.850. The Kier molecular flexibility index (Phi) is 3.88. The molecule has 0 radical (unpaired) electrons. The highest BCUT2D eigenvalue weighted by molar-refractivity contribution is 7.98. The average Bonchev–Trinajstić information content (AvgIpc) is 2.45. The van der Waals surface area contributed by atoms with Gasteiger partial charge >= 0.3 is 0 Å². The molecule has 1 fully saturated rings. The van der Waals surface area contributed by atoms with E-state index in [1.54, 1.807) is 11.8 Å². The summed E-state index contributed by atoms with van der Waals surface area (Å²) in [6.45, 7) is 5.36. The van der Waals surface area contributed by atoms with Gasteiger partial charge in [-0.3, -0.25) is 0 Å². The van der Waals surface area contributed by atoms with E-state index in [1.165, 1.54) is 5.56 Å². The van der Waals surface area contributed by atoms with Crippen molar-refractivity contribution in [3.63, 3.8) is 0 Å². The Morgan fingerprint density at radius 3 is 3.00 bits per heavy atom. The van der Waals surface area contributed by atoms with E-state index in [1.807, 2.05) is 13.2 Å². The van der Waals surface area contributed by atoms with Crippen molar-refractivity contribution in [2.45, 2.75) is 43.5 Å². The maximum atomic E-state index is 10.3. The molecule has 0 aliphatic carbocycles. The van der Waals surface area contributed by atoms with Crippen LogP contribution >= 0.6 is 11.8 Å². The smallest absolute Gasteiger partial charge is 0.189 e. The highest BCUT2D eigenvalue weighted by Gasteiger charge is 2.31. The summed E-state index contributed by atoms with van der Waals surface area (Å²) in [7, 11) is 0. The van der Waals surface area contributed by atoms with Gasteiger partial charge in [-0.05, 0) is 39.0 Å². The van der Waals surface area contributed by atoms with Crippen molar-refractivity contribution in [3.8, 4) is 0 Å². The first-order valence-electron chi connectivity index (χ1n) is 7.21. The predicted octanol–water partition coefficient (Wildman–Crippen LogP) is 1.20. The fourth-order valence-electron chi connectivity index (χ4n) is 3.07. The van der Waals surface area contributed by atoms with Crippen LogP contribution in [0.2, 0.25) is 0 Å². The van der Waals surface area contributed by atoms with Crippen molar-refractivity contribution in [1.29, 1.82) is 0 Å². The van der Waals surface area contributed by atoms with Crippen LogP contribution in [0.4, 0.5) is 5.82 Å². The molecule has 1 aromatic rings. The molecular formula is C14H22N4OS. The van der Waals surface area contributed by atoms with Gasteiger partial charge in [-0.2, -0.15) is 0 Å². The first-order chi connectivity index (χ1) is 9.59. The third-order valence-electron chi connectivity index (χ3n) is 4.05. The molecule has 2 aliphatic heterocycles. The fraction of sp³-hybridized carbons (Fsp3) is 0.714. The van der Waals surface area contributed by atoms with Gasteiger partial charge in [-0.1, -0.05) is 11.8 Å². The molecule has 3 heterocycles. The molecule has 3 rings (SSSR count). The maximum Gasteiger partial charge on any atom is 0.189 e. The van der Waals surface area contributed by atoms with Crippen LogP contribution in [0.1, 0.15) is 31.0 Å². The molecular weight excluding hydrogens is 272 g/mol. The molecule has 0 amide bonds.